The lowest BCUT2D eigenvalue weighted by Crippen LogP contribution is -2.35. The van der Waals surface area contributed by atoms with Crippen molar-refractivity contribution in [1.29, 1.82) is 0 Å². The predicted octanol–water partition coefficient (Wildman–Crippen LogP) is 2.55. The molecule has 120 valence electrons. The summed E-state index contributed by atoms with van der Waals surface area (Å²) in [6.07, 6.45) is 5.05. The maximum atomic E-state index is 4.34. The van der Waals surface area contributed by atoms with Gasteiger partial charge in [0.1, 0.15) is 5.82 Å². The number of hydrogen-bond acceptors (Lipinski definition) is 3. The second kappa shape index (κ2) is 6.08. The van der Waals surface area contributed by atoms with Crippen molar-refractivity contribution in [3.63, 3.8) is 0 Å². The van der Waals surface area contributed by atoms with Gasteiger partial charge in [0.2, 0.25) is 0 Å². The summed E-state index contributed by atoms with van der Waals surface area (Å²) in [4.78, 5) is 3.38. The molecule has 5 heteroatoms. The molecule has 3 N–H and O–H groups in total. The second-order valence-electron chi connectivity index (χ2n) is 6.46. The van der Waals surface area contributed by atoms with Crippen LogP contribution in [0, 0.1) is 12.8 Å². The number of anilines is 1. The Labute approximate surface area is 136 Å². The number of fused-ring (bicyclic) bond motifs is 2. The molecule has 0 bridgehead atoms. The fourth-order valence-electron chi connectivity index (χ4n) is 3.36. The van der Waals surface area contributed by atoms with Gasteiger partial charge in [-0.05, 0) is 37.1 Å². The quantitative estimate of drug-likeness (QED) is 0.635. The monoisotopic (exact) mass is 309 g/mol. The van der Waals surface area contributed by atoms with Crippen LogP contribution in [0.15, 0.2) is 36.7 Å². The summed E-state index contributed by atoms with van der Waals surface area (Å²) in [5.41, 5.74) is 3.93. The Morgan fingerprint density at radius 2 is 2.30 bits per heavy atom. The Balaban J connectivity index is 1.29. The number of H-pyrrole nitrogens is 1. The Morgan fingerprint density at radius 3 is 3.26 bits per heavy atom. The SMILES string of the molecule is Cc1ccc2c(CCNC[C@H]3CNc4ccnn4C3)c[nH]c2c1. The summed E-state index contributed by atoms with van der Waals surface area (Å²) < 4.78 is 2.05. The lowest BCUT2D eigenvalue weighted by molar-refractivity contribution is 0.393. The van der Waals surface area contributed by atoms with E-state index in [4.69, 9.17) is 0 Å². The van der Waals surface area contributed by atoms with Gasteiger partial charge in [-0.2, -0.15) is 5.10 Å². The van der Waals surface area contributed by atoms with Crippen molar-refractivity contribution in [3.8, 4) is 0 Å². The van der Waals surface area contributed by atoms with Crippen LogP contribution >= 0.6 is 0 Å². The van der Waals surface area contributed by atoms with Gasteiger partial charge in [-0.25, -0.2) is 4.68 Å². The summed E-state index contributed by atoms with van der Waals surface area (Å²) in [6.45, 7) is 6.17. The van der Waals surface area contributed by atoms with Crippen molar-refractivity contribution in [3.05, 3.63) is 47.8 Å². The van der Waals surface area contributed by atoms with Crippen LogP contribution in [-0.4, -0.2) is 34.4 Å². The van der Waals surface area contributed by atoms with Crippen molar-refractivity contribution in [2.45, 2.75) is 19.9 Å². The Hall–Kier alpha value is -2.27. The van der Waals surface area contributed by atoms with Gasteiger partial charge in [-0.1, -0.05) is 12.1 Å². The fraction of sp³-hybridized carbons (Fsp3) is 0.389. The number of hydrogen-bond donors (Lipinski definition) is 3. The molecule has 1 aliphatic heterocycles. The van der Waals surface area contributed by atoms with Crippen molar-refractivity contribution < 1.29 is 0 Å². The number of nitrogens with one attached hydrogen (secondary N) is 3. The van der Waals surface area contributed by atoms with Gasteiger partial charge in [0.15, 0.2) is 0 Å². The average Bonchev–Trinajstić information content (AvgIpc) is 3.17. The highest BCUT2D eigenvalue weighted by molar-refractivity contribution is 5.83. The first-order valence-corrected chi connectivity index (χ1v) is 8.32. The minimum Gasteiger partial charge on any atom is -0.370 e. The molecule has 23 heavy (non-hydrogen) atoms. The molecule has 0 unspecified atom stereocenters. The van der Waals surface area contributed by atoms with E-state index in [0.29, 0.717) is 5.92 Å². The lowest BCUT2D eigenvalue weighted by atomic mass is 10.1. The molecular weight excluding hydrogens is 286 g/mol. The Kier molecular flexibility index (Phi) is 3.79. The van der Waals surface area contributed by atoms with E-state index >= 15 is 0 Å². The van der Waals surface area contributed by atoms with E-state index in [2.05, 4.69) is 56.7 Å². The molecule has 0 saturated heterocycles. The van der Waals surface area contributed by atoms with E-state index in [1.54, 1.807) is 0 Å². The zero-order valence-electron chi connectivity index (χ0n) is 13.5. The number of benzene rings is 1. The predicted molar refractivity (Wildman–Crippen MR) is 93.8 cm³/mol. The molecule has 0 aliphatic carbocycles. The van der Waals surface area contributed by atoms with Gasteiger partial charge in [-0.15, -0.1) is 0 Å². The third-order valence-electron chi connectivity index (χ3n) is 4.65. The molecule has 5 nitrogen and oxygen atoms in total. The van der Waals surface area contributed by atoms with Crippen molar-refractivity contribution in [2.75, 3.05) is 25.0 Å². The molecule has 0 fully saturated rings. The molecule has 0 spiro atoms. The van der Waals surface area contributed by atoms with Crippen LogP contribution < -0.4 is 10.6 Å². The maximum Gasteiger partial charge on any atom is 0.124 e. The highest BCUT2D eigenvalue weighted by Crippen LogP contribution is 2.20. The van der Waals surface area contributed by atoms with Gasteiger partial charge in [0.25, 0.3) is 0 Å². The van der Waals surface area contributed by atoms with Crippen LogP contribution in [0.3, 0.4) is 0 Å². The standard InChI is InChI=1S/C18H23N5/c1-13-2-3-16-15(11-20-17(16)8-13)4-6-19-9-14-10-21-18-5-7-22-23(18)12-14/h2-3,5,7-8,11,14,19-21H,4,6,9-10,12H2,1H3/t14-/m0/s1. The summed E-state index contributed by atoms with van der Waals surface area (Å²) >= 11 is 0. The lowest BCUT2D eigenvalue weighted by Gasteiger charge is -2.25. The summed E-state index contributed by atoms with van der Waals surface area (Å²) in [5, 5.41) is 12.7. The molecule has 4 rings (SSSR count). The smallest absolute Gasteiger partial charge is 0.124 e. The van der Waals surface area contributed by atoms with Crippen LogP contribution in [0.1, 0.15) is 11.1 Å². The van der Waals surface area contributed by atoms with Crippen molar-refractivity contribution >= 4 is 16.7 Å². The van der Waals surface area contributed by atoms with Crippen molar-refractivity contribution in [1.82, 2.24) is 20.1 Å². The highest BCUT2D eigenvalue weighted by atomic mass is 15.3. The van der Waals surface area contributed by atoms with Gasteiger partial charge < -0.3 is 15.6 Å². The number of aromatic amines is 1. The molecule has 3 aromatic rings. The molecular formula is C18H23N5. The Morgan fingerprint density at radius 1 is 1.35 bits per heavy atom. The number of rotatable bonds is 5. The topological polar surface area (TPSA) is 57.7 Å². The van der Waals surface area contributed by atoms with Gasteiger partial charge in [-0.3, -0.25) is 0 Å². The van der Waals surface area contributed by atoms with E-state index in [-0.39, 0.29) is 0 Å². The van der Waals surface area contributed by atoms with Gasteiger partial charge in [0.05, 0.1) is 6.20 Å². The van der Waals surface area contributed by atoms with Crippen LogP contribution in [0.2, 0.25) is 0 Å². The van der Waals surface area contributed by atoms with E-state index in [0.717, 1.165) is 38.4 Å². The van der Waals surface area contributed by atoms with E-state index < -0.39 is 0 Å². The largest absolute Gasteiger partial charge is 0.370 e. The number of aromatic nitrogens is 3. The molecule has 3 heterocycles. The Bertz CT molecular complexity index is 801. The second-order valence-corrected chi connectivity index (χ2v) is 6.46. The minimum atomic E-state index is 0.591. The molecule has 2 aromatic heterocycles. The summed E-state index contributed by atoms with van der Waals surface area (Å²) in [5.74, 6) is 1.73. The molecule has 0 amide bonds. The molecule has 1 atom stereocenters. The normalized spacial score (nSPS) is 17.2. The molecule has 1 aliphatic rings. The third-order valence-corrected chi connectivity index (χ3v) is 4.65. The van der Waals surface area contributed by atoms with Crippen LogP contribution in [0.25, 0.3) is 10.9 Å². The van der Waals surface area contributed by atoms with Crippen LogP contribution in [0.5, 0.6) is 0 Å². The third kappa shape index (κ3) is 2.97. The zero-order valence-corrected chi connectivity index (χ0v) is 13.5. The number of nitrogens with zero attached hydrogens (tertiary/aromatic N) is 2. The zero-order chi connectivity index (χ0) is 15.6. The summed E-state index contributed by atoms with van der Waals surface area (Å²) in [6, 6.07) is 8.65. The molecule has 0 radical (unpaired) electrons. The fourth-order valence-corrected chi connectivity index (χ4v) is 3.36. The number of aryl methyl sites for hydroxylation is 1. The van der Waals surface area contributed by atoms with Crippen LogP contribution in [-0.2, 0) is 13.0 Å². The average molecular weight is 309 g/mol. The molecule has 1 aromatic carbocycles. The molecule has 0 saturated carbocycles. The minimum absolute atomic E-state index is 0.591. The van der Waals surface area contributed by atoms with Crippen molar-refractivity contribution in [2.24, 2.45) is 5.92 Å². The first kappa shape index (κ1) is 14.3. The van der Waals surface area contributed by atoms with E-state index in [1.165, 1.54) is 22.0 Å². The maximum absolute atomic E-state index is 4.34. The highest BCUT2D eigenvalue weighted by Gasteiger charge is 2.17. The van der Waals surface area contributed by atoms with Crippen LogP contribution in [0.4, 0.5) is 5.82 Å². The van der Waals surface area contributed by atoms with E-state index in [9.17, 15) is 0 Å². The van der Waals surface area contributed by atoms with Gasteiger partial charge in [0, 0.05) is 48.7 Å². The first-order chi connectivity index (χ1) is 11.3. The van der Waals surface area contributed by atoms with Gasteiger partial charge >= 0.3 is 0 Å². The first-order valence-electron chi connectivity index (χ1n) is 8.32. The summed E-state index contributed by atoms with van der Waals surface area (Å²) in [7, 11) is 0. The van der Waals surface area contributed by atoms with E-state index in [1.807, 2.05) is 12.3 Å².